The first-order chi connectivity index (χ1) is 8.78. The lowest BCUT2D eigenvalue weighted by atomic mass is 10.1. The van der Waals surface area contributed by atoms with Crippen molar-refractivity contribution in [3.8, 4) is 0 Å². The van der Waals surface area contributed by atoms with Crippen LogP contribution in [0.1, 0.15) is 24.0 Å². The van der Waals surface area contributed by atoms with Gasteiger partial charge in [0.15, 0.2) is 0 Å². The van der Waals surface area contributed by atoms with Gasteiger partial charge in [-0.2, -0.15) is 0 Å². The largest absolute Gasteiger partial charge is 0.380 e. The van der Waals surface area contributed by atoms with E-state index in [4.69, 9.17) is 4.74 Å². The molecule has 0 radical (unpaired) electrons. The van der Waals surface area contributed by atoms with Gasteiger partial charge in [-0.15, -0.1) is 0 Å². The van der Waals surface area contributed by atoms with E-state index >= 15 is 0 Å². The van der Waals surface area contributed by atoms with Gasteiger partial charge in [-0.1, -0.05) is 24.3 Å². The first-order valence-corrected chi connectivity index (χ1v) is 7.92. The Bertz CT molecular complexity index is 381. The second-order valence-electron chi connectivity index (χ2n) is 4.75. The number of rotatable bonds is 5. The molecular formula is C14H21NO2S. The first kappa shape index (κ1) is 13.7. The van der Waals surface area contributed by atoms with Gasteiger partial charge in [-0.25, -0.2) is 0 Å². The minimum Gasteiger partial charge on any atom is -0.380 e. The van der Waals surface area contributed by atoms with Crippen molar-refractivity contribution in [2.24, 2.45) is 0 Å². The topological polar surface area (TPSA) is 38.3 Å². The Morgan fingerprint density at radius 2 is 1.83 bits per heavy atom. The standard InChI is InChI=1S/C14H21NO2S/c1-17-11-13-4-2-12(3-5-13)10-15-14-6-8-18(16)9-7-14/h2-5,14-15H,6-11H2,1H3. The SMILES string of the molecule is COCc1ccc(CNC2CCS(=O)CC2)cc1. The van der Waals surface area contributed by atoms with Crippen LogP contribution < -0.4 is 5.32 Å². The highest BCUT2D eigenvalue weighted by Gasteiger charge is 2.16. The van der Waals surface area contributed by atoms with E-state index in [2.05, 4.69) is 29.6 Å². The maximum Gasteiger partial charge on any atom is 0.0713 e. The lowest BCUT2D eigenvalue weighted by Crippen LogP contribution is -2.35. The number of ether oxygens (including phenoxy) is 1. The van der Waals surface area contributed by atoms with Crippen molar-refractivity contribution in [1.82, 2.24) is 5.32 Å². The molecule has 1 saturated heterocycles. The highest BCUT2D eigenvalue weighted by atomic mass is 32.2. The van der Waals surface area contributed by atoms with E-state index < -0.39 is 10.8 Å². The number of methoxy groups -OCH3 is 1. The molecule has 3 nitrogen and oxygen atoms in total. The third kappa shape index (κ3) is 4.19. The Kier molecular flexibility index (Phi) is 5.35. The molecule has 4 heteroatoms. The van der Waals surface area contributed by atoms with Gasteiger partial charge in [0, 0.05) is 42.0 Å². The quantitative estimate of drug-likeness (QED) is 0.884. The molecule has 2 rings (SSSR count). The lowest BCUT2D eigenvalue weighted by Gasteiger charge is -2.22. The second-order valence-corrected chi connectivity index (χ2v) is 6.45. The third-order valence-electron chi connectivity index (χ3n) is 3.32. The molecule has 1 aliphatic rings. The van der Waals surface area contributed by atoms with Gasteiger partial charge in [0.1, 0.15) is 0 Å². The summed E-state index contributed by atoms with van der Waals surface area (Å²) in [7, 11) is 1.14. The van der Waals surface area contributed by atoms with Gasteiger partial charge in [-0.3, -0.25) is 4.21 Å². The normalized spacial score (nSPS) is 24.1. The minimum absolute atomic E-state index is 0.529. The molecule has 0 saturated carbocycles. The highest BCUT2D eigenvalue weighted by molar-refractivity contribution is 7.85. The Morgan fingerprint density at radius 1 is 1.22 bits per heavy atom. The Morgan fingerprint density at radius 3 is 2.44 bits per heavy atom. The molecule has 1 N–H and O–H groups in total. The monoisotopic (exact) mass is 267 g/mol. The van der Waals surface area contributed by atoms with Crippen LogP contribution in [0, 0.1) is 0 Å². The van der Waals surface area contributed by atoms with Crippen molar-refractivity contribution in [3.63, 3.8) is 0 Å². The van der Waals surface area contributed by atoms with Crippen LogP contribution in [0.25, 0.3) is 0 Å². The molecule has 0 aromatic heterocycles. The van der Waals surface area contributed by atoms with E-state index in [1.54, 1.807) is 7.11 Å². The van der Waals surface area contributed by atoms with E-state index in [1.165, 1.54) is 11.1 Å². The molecule has 18 heavy (non-hydrogen) atoms. The van der Waals surface area contributed by atoms with Crippen LogP contribution in [0.3, 0.4) is 0 Å². The average Bonchev–Trinajstić information content (AvgIpc) is 2.40. The summed E-state index contributed by atoms with van der Waals surface area (Å²) >= 11 is 0. The Labute approximate surface area is 111 Å². The molecule has 0 bridgehead atoms. The molecule has 1 fully saturated rings. The van der Waals surface area contributed by atoms with Gasteiger partial charge >= 0.3 is 0 Å². The summed E-state index contributed by atoms with van der Waals surface area (Å²) in [6, 6.07) is 9.03. The smallest absolute Gasteiger partial charge is 0.0713 e. The van der Waals surface area contributed by atoms with Crippen LogP contribution in [-0.2, 0) is 28.7 Å². The van der Waals surface area contributed by atoms with Crippen LogP contribution in [0.2, 0.25) is 0 Å². The number of nitrogens with one attached hydrogen (secondary N) is 1. The van der Waals surface area contributed by atoms with Crippen LogP contribution in [-0.4, -0.2) is 28.9 Å². The zero-order valence-electron chi connectivity index (χ0n) is 10.9. The van der Waals surface area contributed by atoms with Gasteiger partial charge in [-0.05, 0) is 24.0 Å². The van der Waals surface area contributed by atoms with Crippen molar-refractivity contribution in [1.29, 1.82) is 0 Å². The van der Waals surface area contributed by atoms with E-state index in [0.29, 0.717) is 12.6 Å². The fourth-order valence-electron chi connectivity index (χ4n) is 2.18. The predicted molar refractivity (Wildman–Crippen MR) is 74.9 cm³/mol. The summed E-state index contributed by atoms with van der Waals surface area (Å²) in [6.45, 7) is 1.56. The summed E-state index contributed by atoms with van der Waals surface area (Å²) in [5.74, 6) is 1.70. The average molecular weight is 267 g/mol. The third-order valence-corrected chi connectivity index (χ3v) is 4.70. The van der Waals surface area contributed by atoms with Crippen LogP contribution in [0.4, 0.5) is 0 Å². The minimum atomic E-state index is -0.568. The number of benzene rings is 1. The first-order valence-electron chi connectivity index (χ1n) is 6.43. The zero-order chi connectivity index (χ0) is 12.8. The molecule has 100 valence electrons. The highest BCUT2D eigenvalue weighted by Crippen LogP contribution is 2.11. The predicted octanol–water partition coefficient (Wildman–Crippen LogP) is 1.83. The number of hydrogen-bond donors (Lipinski definition) is 1. The molecular weight excluding hydrogens is 246 g/mol. The molecule has 0 atom stereocenters. The van der Waals surface area contributed by atoms with Crippen LogP contribution >= 0.6 is 0 Å². The molecule has 0 unspecified atom stereocenters. The molecule has 0 spiro atoms. The molecule has 1 aromatic rings. The summed E-state index contributed by atoms with van der Waals surface area (Å²) in [5, 5.41) is 3.54. The van der Waals surface area contributed by atoms with Crippen LogP contribution in [0.5, 0.6) is 0 Å². The zero-order valence-corrected chi connectivity index (χ0v) is 11.7. The summed E-state index contributed by atoms with van der Waals surface area (Å²) < 4.78 is 16.3. The van der Waals surface area contributed by atoms with Gasteiger partial charge in [0.25, 0.3) is 0 Å². The maximum atomic E-state index is 11.3. The van der Waals surface area contributed by atoms with Gasteiger partial charge < -0.3 is 10.1 Å². The van der Waals surface area contributed by atoms with E-state index in [-0.39, 0.29) is 0 Å². The molecule has 1 heterocycles. The van der Waals surface area contributed by atoms with Crippen molar-refractivity contribution in [2.45, 2.75) is 32.0 Å². The molecule has 0 aliphatic carbocycles. The second kappa shape index (κ2) is 7.02. The fourth-order valence-corrected chi connectivity index (χ4v) is 3.48. The molecule has 0 amide bonds. The molecule has 1 aliphatic heterocycles. The van der Waals surface area contributed by atoms with E-state index in [9.17, 15) is 4.21 Å². The van der Waals surface area contributed by atoms with Crippen molar-refractivity contribution < 1.29 is 8.95 Å². The Hall–Kier alpha value is -0.710. The van der Waals surface area contributed by atoms with Crippen molar-refractivity contribution in [3.05, 3.63) is 35.4 Å². The molecule has 1 aromatic carbocycles. The fraction of sp³-hybridized carbons (Fsp3) is 0.571. The lowest BCUT2D eigenvalue weighted by molar-refractivity contribution is 0.185. The van der Waals surface area contributed by atoms with Gasteiger partial charge in [0.2, 0.25) is 0 Å². The summed E-state index contributed by atoms with van der Waals surface area (Å²) in [5.41, 5.74) is 2.50. The van der Waals surface area contributed by atoms with Crippen molar-refractivity contribution in [2.75, 3.05) is 18.6 Å². The summed E-state index contributed by atoms with van der Waals surface area (Å²) in [4.78, 5) is 0. The van der Waals surface area contributed by atoms with Crippen LogP contribution in [0.15, 0.2) is 24.3 Å². The van der Waals surface area contributed by atoms with E-state index in [1.807, 2.05) is 0 Å². The van der Waals surface area contributed by atoms with E-state index in [0.717, 1.165) is 30.9 Å². The maximum absolute atomic E-state index is 11.3. The summed E-state index contributed by atoms with van der Waals surface area (Å²) in [6.07, 6.45) is 2.07. The van der Waals surface area contributed by atoms with Crippen molar-refractivity contribution >= 4 is 10.8 Å². The Balaban J connectivity index is 1.77. The van der Waals surface area contributed by atoms with Gasteiger partial charge in [0.05, 0.1) is 6.61 Å². The number of hydrogen-bond acceptors (Lipinski definition) is 3.